The average Bonchev–Trinajstić information content (AvgIpc) is 3.33. The second kappa shape index (κ2) is 7.26. The van der Waals surface area contributed by atoms with Gasteiger partial charge in [-0.3, -0.25) is 4.79 Å². The first kappa shape index (κ1) is 16.7. The number of hydrogen-bond acceptors (Lipinski definition) is 3. The summed E-state index contributed by atoms with van der Waals surface area (Å²) >= 11 is 5.89. The molecule has 0 spiro atoms. The third-order valence-electron chi connectivity index (χ3n) is 4.73. The summed E-state index contributed by atoms with van der Waals surface area (Å²) in [7, 11) is 0. The van der Waals surface area contributed by atoms with Crippen molar-refractivity contribution in [2.75, 3.05) is 18.0 Å². The van der Waals surface area contributed by atoms with Crippen LogP contribution in [0.4, 0.5) is 5.69 Å². The fourth-order valence-electron chi connectivity index (χ4n) is 3.43. The highest BCUT2D eigenvalue weighted by Gasteiger charge is 2.29. The third kappa shape index (κ3) is 3.33. The molecule has 1 aromatic heterocycles. The molecular formula is C21H19ClN2O2. The van der Waals surface area contributed by atoms with Gasteiger partial charge in [0.05, 0.1) is 6.26 Å². The Kier molecular flexibility index (Phi) is 4.67. The van der Waals surface area contributed by atoms with Crippen LogP contribution in [0.2, 0.25) is 5.02 Å². The van der Waals surface area contributed by atoms with Crippen molar-refractivity contribution in [3.8, 4) is 0 Å². The first-order valence-corrected chi connectivity index (χ1v) is 9.02. The Hall–Kier alpha value is -2.72. The molecule has 1 N–H and O–H groups in total. The number of carbonyl (C=O) groups is 1. The van der Waals surface area contributed by atoms with E-state index in [1.807, 2.05) is 18.2 Å². The van der Waals surface area contributed by atoms with E-state index in [9.17, 15) is 4.79 Å². The van der Waals surface area contributed by atoms with E-state index < -0.39 is 0 Å². The van der Waals surface area contributed by atoms with Gasteiger partial charge < -0.3 is 14.6 Å². The maximum Gasteiger partial charge on any atom is 0.251 e. The van der Waals surface area contributed by atoms with Crippen molar-refractivity contribution < 1.29 is 9.21 Å². The number of hydrogen-bond donors (Lipinski definition) is 1. The van der Waals surface area contributed by atoms with E-state index in [2.05, 4.69) is 28.4 Å². The normalized spacial score (nSPS) is 14.1. The zero-order chi connectivity index (χ0) is 17.9. The molecule has 5 heteroatoms. The van der Waals surface area contributed by atoms with Gasteiger partial charge in [0.2, 0.25) is 0 Å². The Morgan fingerprint density at radius 1 is 1.12 bits per heavy atom. The molecule has 1 amide bonds. The zero-order valence-corrected chi connectivity index (χ0v) is 14.9. The Balaban J connectivity index is 1.54. The molecule has 4 rings (SSSR count). The molecule has 0 radical (unpaired) electrons. The van der Waals surface area contributed by atoms with E-state index in [-0.39, 0.29) is 11.9 Å². The highest BCUT2D eigenvalue weighted by Crippen LogP contribution is 2.34. The molecule has 1 aliphatic heterocycles. The minimum absolute atomic E-state index is 0.0510. The number of fused-ring (bicyclic) bond motifs is 1. The average molecular weight is 367 g/mol. The Morgan fingerprint density at radius 2 is 1.92 bits per heavy atom. The smallest absolute Gasteiger partial charge is 0.251 e. The Morgan fingerprint density at radius 3 is 2.69 bits per heavy atom. The molecule has 26 heavy (non-hydrogen) atoms. The van der Waals surface area contributed by atoms with Crippen LogP contribution in [0.5, 0.6) is 0 Å². The molecule has 0 unspecified atom stereocenters. The number of furan rings is 1. The molecule has 0 saturated heterocycles. The molecule has 1 aliphatic rings. The van der Waals surface area contributed by atoms with E-state index >= 15 is 0 Å². The van der Waals surface area contributed by atoms with Crippen LogP contribution in [0, 0.1) is 0 Å². The van der Waals surface area contributed by atoms with E-state index in [1.54, 1.807) is 30.5 Å². The maximum absolute atomic E-state index is 12.5. The second-order valence-corrected chi connectivity index (χ2v) is 6.76. The lowest BCUT2D eigenvalue weighted by molar-refractivity contribution is 0.0950. The number of rotatable bonds is 5. The van der Waals surface area contributed by atoms with E-state index in [0.29, 0.717) is 17.1 Å². The van der Waals surface area contributed by atoms with Crippen LogP contribution in [0.3, 0.4) is 0 Å². The third-order valence-corrected chi connectivity index (χ3v) is 4.99. The number of amides is 1. The van der Waals surface area contributed by atoms with Gasteiger partial charge in [0, 0.05) is 29.4 Å². The molecule has 0 saturated carbocycles. The number of nitrogens with one attached hydrogen (secondary N) is 1. The summed E-state index contributed by atoms with van der Waals surface area (Å²) in [4.78, 5) is 14.8. The number of para-hydroxylation sites is 1. The topological polar surface area (TPSA) is 45.5 Å². The van der Waals surface area contributed by atoms with Gasteiger partial charge in [-0.15, -0.1) is 0 Å². The summed E-state index contributed by atoms with van der Waals surface area (Å²) in [5, 5.41) is 3.65. The van der Waals surface area contributed by atoms with Gasteiger partial charge in [-0.25, -0.2) is 0 Å². The summed E-state index contributed by atoms with van der Waals surface area (Å²) in [6, 6.07) is 19.1. The largest absolute Gasteiger partial charge is 0.467 e. The fraction of sp³-hybridized carbons (Fsp3) is 0.190. The molecule has 4 nitrogen and oxygen atoms in total. The molecule has 0 fully saturated rings. The number of anilines is 1. The van der Waals surface area contributed by atoms with Crippen molar-refractivity contribution in [1.29, 1.82) is 0 Å². The van der Waals surface area contributed by atoms with Gasteiger partial charge in [0.15, 0.2) is 0 Å². The van der Waals surface area contributed by atoms with E-state index in [0.717, 1.165) is 18.7 Å². The standard InChI is InChI=1S/C21H19ClN2O2/c22-17-9-7-16(8-10-17)21(25)23-14-19(20-6-3-13-26-20)24-12-11-15-4-1-2-5-18(15)24/h1-10,13,19H,11-12,14H2,(H,23,25)/t19-/m1/s1. The van der Waals surface area contributed by atoms with Crippen LogP contribution in [-0.4, -0.2) is 19.0 Å². The molecule has 3 aromatic rings. The molecule has 1 atom stereocenters. The first-order chi connectivity index (χ1) is 12.7. The number of nitrogens with zero attached hydrogens (tertiary/aromatic N) is 1. The highest BCUT2D eigenvalue weighted by atomic mass is 35.5. The van der Waals surface area contributed by atoms with Gasteiger partial charge >= 0.3 is 0 Å². The van der Waals surface area contributed by atoms with Crippen molar-refractivity contribution in [3.05, 3.63) is 88.8 Å². The first-order valence-electron chi connectivity index (χ1n) is 8.64. The molecular weight excluding hydrogens is 348 g/mol. The molecule has 0 bridgehead atoms. The summed E-state index contributed by atoms with van der Waals surface area (Å²) in [5.41, 5.74) is 3.12. The summed E-state index contributed by atoms with van der Waals surface area (Å²) in [6.45, 7) is 1.37. The number of carbonyl (C=O) groups excluding carboxylic acids is 1. The Labute approximate surface area is 157 Å². The zero-order valence-electron chi connectivity index (χ0n) is 14.2. The Bertz CT molecular complexity index is 891. The van der Waals surface area contributed by atoms with Gasteiger partial charge in [-0.2, -0.15) is 0 Å². The van der Waals surface area contributed by atoms with Gasteiger partial charge in [-0.05, 0) is 54.4 Å². The van der Waals surface area contributed by atoms with Crippen LogP contribution >= 0.6 is 11.6 Å². The summed E-state index contributed by atoms with van der Waals surface area (Å²) in [5.74, 6) is 0.726. The fourth-order valence-corrected chi connectivity index (χ4v) is 3.55. The van der Waals surface area contributed by atoms with Crippen LogP contribution in [0.15, 0.2) is 71.3 Å². The van der Waals surface area contributed by atoms with Crippen molar-refractivity contribution in [1.82, 2.24) is 5.32 Å². The number of benzene rings is 2. The summed E-state index contributed by atoms with van der Waals surface area (Å²) < 4.78 is 5.67. The molecule has 2 heterocycles. The van der Waals surface area contributed by atoms with E-state index in [1.165, 1.54) is 11.3 Å². The van der Waals surface area contributed by atoms with Crippen LogP contribution < -0.4 is 10.2 Å². The predicted octanol–water partition coefficient (Wildman–Crippen LogP) is 4.47. The SMILES string of the molecule is O=C(NC[C@H](c1ccco1)N1CCc2ccccc21)c1ccc(Cl)cc1. The van der Waals surface area contributed by atoms with Crippen molar-refractivity contribution in [2.24, 2.45) is 0 Å². The van der Waals surface area contributed by atoms with E-state index in [4.69, 9.17) is 16.0 Å². The van der Waals surface area contributed by atoms with Crippen LogP contribution in [0.1, 0.15) is 27.7 Å². The quantitative estimate of drug-likeness (QED) is 0.724. The minimum atomic E-state index is -0.120. The van der Waals surface area contributed by atoms with Crippen LogP contribution in [0.25, 0.3) is 0 Å². The van der Waals surface area contributed by atoms with Crippen molar-refractivity contribution >= 4 is 23.2 Å². The van der Waals surface area contributed by atoms with Crippen molar-refractivity contribution in [3.63, 3.8) is 0 Å². The summed E-state index contributed by atoms with van der Waals surface area (Å²) in [6.07, 6.45) is 2.67. The lowest BCUT2D eigenvalue weighted by Crippen LogP contribution is -2.37. The lowest BCUT2D eigenvalue weighted by Gasteiger charge is -2.29. The lowest BCUT2D eigenvalue weighted by atomic mass is 10.1. The predicted molar refractivity (Wildman–Crippen MR) is 103 cm³/mol. The maximum atomic E-state index is 12.5. The van der Waals surface area contributed by atoms with Gasteiger partial charge in [0.25, 0.3) is 5.91 Å². The van der Waals surface area contributed by atoms with Gasteiger partial charge in [-0.1, -0.05) is 29.8 Å². The van der Waals surface area contributed by atoms with Crippen LogP contribution in [-0.2, 0) is 6.42 Å². The highest BCUT2D eigenvalue weighted by molar-refractivity contribution is 6.30. The molecule has 0 aliphatic carbocycles. The van der Waals surface area contributed by atoms with Crippen molar-refractivity contribution in [2.45, 2.75) is 12.5 Å². The molecule has 132 valence electrons. The molecule has 2 aromatic carbocycles. The van der Waals surface area contributed by atoms with Gasteiger partial charge in [0.1, 0.15) is 11.8 Å². The second-order valence-electron chi connectivity index (χ2n) is 6.32. The minimum Gasteiger partial charge on any atom is -0.467 e. The number of halogens is 1. The monoisotopic (exact) mass is 366 g/mol.